The molecule has 0 radical (unpaired) electrons. The minimum atomic E-state index is -0.635. The van der Waals surface area contributed by atoms with Crippen molar-refractivity contribution in [2.24, 2.45) is 23.7 Å². The third-order valence-corrected chi connectivity index (χ3v) is 8.39. The number of carbonyl (C=O) groups is 1. The largest absolute Gasteiger partial charge is 0.335 e. The van der Waals surface area contributed by atoms with E-state index >= 15 is 0 Å². The number of carbonyl (C=O) groups excluding carboxylic acids is 1. The SMILES string of the molecule is CC[C@]1(N)CCN(C(=O)C2=C(C)C(CCc3cc(F)c4nn(C)c(C)c4c3)C(c3ccc(C#N)c(F)c3)=N2)C1. The zero-order chi connectivity index (χ0) is 28.1. The zero-order valence-electron chi connectivity index (χ0n) is 22.7. The van der Waals surface area contributed by atoms with Crippen LogP contribution in [0.5, 0.6) is 0 Å². The molecule has 2 aliphatic heterocycles. The lowest BCUT2D eigenvalue weighted by Gasteiger charge is -2.23. The van der Waals surface area contributed by atoms with Gasteiger partial charge in [-0.3, -0.25) is 9.48 Å². The summed E-state index contributed by atoms with van der Waals surface area (Å²) in [5.41, 5.74) is 10.2. The fourth-order valence-corrected chi connectivity index (χ4v) is 5.65. The number of halogens is 2. The Labute approximate surface area is 226 Å². The third kappa shape index (κ3) is 4.74. The van der Waals surface area contributed by atoms with Crippen LogP contribution in [0.1, 0.15) is 55.5 Å². The molecule has 3 aromatic rings. The number of aliphatic imine (C=N–C) groups is 1. The smallest absolute Gasteiger partial charge is 0.272 e. The lowest BCUT2D eigenvalue weighted by molar-refractivity contribution is -0.126. The second-order valence-corrected chi connectivity index (χ2v) is 10.8. The molecule has 5 rings (SSSR count). The van der Waals surface area contributed by atoms with Crippen LogP contribution in [0.4, 0.5) is 8.78 Å². The topological polar surface area (TPSA) is 100 Å². The number of nitrogens with two attached hydrogens (primary N) is 1. The summed E-state index contributed by atoms with van der Waals surface area (Å²) in [5.74, 6) is -1.47. The van der Waals surface area contributed by atoms with Crippen LogP contribution in [0.15, 0.2) is 46.6 Å². The van der Waals surface area contributed by atoms with E-state index in [9.17, 15) is 18.8 Å². The predicted octanol–water partition coefficient (Wildman–Crippen LogP) is 4.70. The molecule has 2 atom stereocenters. The first-order valence-corrected chi connectivity index (χ1v) is 13.2. The van der Waals surface area contributed by atoms with E-state index in [1.54, 1.807) is 22.7 Å². The minimum Gasteiger partial charge on any atom is -0.335 e. The van der Waals surface area contributed by atoms with Gasteiger partial charge in [0.1, 0.15) is 23.1 Å². The number of aromatic nitrogens is 2. The van der Waals surface area contributed by atoms with Crippen LogP contribution in [-0.2, 0) is 18.3 Å². The lowest BCUT2D eigenvalue weighted by Crippen LogP contribution is -2.43. The Morgan fingerprint density at radius 3 is 2.67 bits per heavy atom. The Balaban J connectivity index is 1.48. The molecule has 2 N–H and O–H groups in total. The first kappa shape index (κ1) is 26.7. The van der Waals surface area contributed by atoms with Crippen molar-refractivity contribution in [1.29, 1.82) is 5.26 Å². The van der Waals surface area contributed by atoms with Gasteiger partial charge in [0.25, 0.3) is 5.91 Å². The molecule has 3 heterocycles. The Morgan fingerprint density at radius 2 is 2.00 bits per heavy atom. The van der Waals surface area contributed by atoms with Gasteiger partial charge in [0.05, 0.1) is 11.3 Å². The molecule has 2 aliphatic rings. The van der Waals surface area contributed by atoms with Crippen molar-refractivity contribution < 1.29 is 13.6 Å². The fraction of sp³-hybridized carbons (Fsp3) is 0.400. The lowest BCUT2D eigenvalue weighted by atomic mass is 9.86. The highest BCUT2D eigenvalue weighted by atomic mass is 19.1. The monoisotopic (exact) mass is 530 g/mol. The van der Waals surface area contributed by atoms with Crippen LogP contribution in [0.3, 0.4) is 0 Å². The summed E-state index contributed by atoms with van der Waals surface area (Å²) < 4.78 is 31.1. The van der Waals surface area contributed by atoms with E-state index in [1.165, 1.54) is 18.2 Å². The number of hydrogen-bond donors (Lipinski definition) is 1. The molecule has 0 bridgehead atoms. The van der Waals surface area contributed by atoms with Crippen LogP contribution in [0.25, 0.3) is 10.9 Å². The summed E-state index contributed by atoms with van der Waals surface area (Å²) in [5, 5.41) is 14.2. The molecule has 0 aliphatic carbocycles. The Kier molecular flexibility index (Phi) is 6.85. The van der Waals surface area contributed by atoms with Gasteiger partial charge in [0.15, 0.2) is 5.82 Å². The number of rotatable bonds is 6. The first-order valence-electron chi connectivity index (χ1n) is 13.2. The first-order chi connectivity index (χ1) is 18.5. The van der Waals surface area contributed by atoms with Gasteiger partial charge in [0, 0.05) is 42.7 Å². The summed E-state index contributed by atoms with van der Waals surface area (Å²) in [7, 11) is 1.79. The standard InChI is InChI=1S/C30H32F2N6O/c1-5-30(34)10-11-38(16-30)29(39)26-17(2)22(27(35-26)20-7-8-21(15-33)24(31)14-20)9-6-19-12-23-18(3)37(4)36-28(23)25(32)13-19/h7-8,12-14,22H,5-6,9-11,16,34H2,1-4H3/t22?,30-/m0/s1. The molecule has 0 spiro atoms. The van der Waals surface area contributed by atoms with Crippen molar-refractivity contribution in [2.45, 2.75) is 52.0 Å². The van der Waals surface area contributed by atoms with E-state index in [1.807, 2.05) is 32.9 Å². The predicted molar refractivity (Wildman–Crippen MR) is 146 cm³/mol. The molecule has 7 nitrogen and oxygen atoms in total. The van der Waals surface area contributed by atoms with Gasteiger partial charge in [-0.15, -0.1) is 0 Å². The molecule has 1 fully saturated rings. The number of hydrogen-bond acceptors (Lipinski definition) is 5. The van der Waals surface area contributed by atoms with E-state index in [0.717, 1.165) is 35.1 Å². The number of amides is 1. The van der Waals surface area contributed by atoms with Gasteiger partial charge in [-0.05, 0) is 80.5 Å². The van der Waals surface area contributed by atoms with Crippen LogP contribution < -0.4 is 5.73 Å². The van der Waals surface area contributed by atoms with E-state index in [-0.39, 0.29) is 23.2 Å². The van der Waals surface area contributed by atoms with Crippen molar-refractivity contribution >= 4 is 22.5 Å². The summed E-state index contributed by atoms with van der Waals surface area (Å²) in [6.45, 7) is 6.83. The maximum Gasteiger partial charge on any atom is 0.272 e. The Hall–Kier alpha value is -3.90. The molecular weight excluding hydrogens is 498 g/mol. The molecule has 2 aromatic carbocycles. The summed E-state index contributed by atoms with van der Waals surface area (Å²) >= 11 is 0. The summed E-state index contributed by atoms with van der Waals surface area (Å²) in [4.78, 5) is 20.1. The second-order valence-electron chi connectivity index (χ2n) is 10.8. The quantitative estimate of drug-likeness (QED) is 0.499. The number of likely N-dealkylation sites (tertiary alicyclic amines) is 1. The summed E-state index contributed by atoms with van der Waals surface area (Å²) in [6, 6.07) is 9.69. The molecular formula is C30H32F2N6O. The van der Waals surface area contributed by atoms with Gasteiger partial charge in [-0.1, -0.05) is 13.0 Å². The Bertz CT molecular complexity index is 1600. The normalized spacial score (nSPS) is 21.1. The van der Waals surface area contributed by atoms with Crippen LogP contribution in [0, 0.1) is 35.8 Å². The number of benzene rings is 2. The van der Waals surface area contributed by atoms with Crippen molar-refractivity contribution in [3.63, 3.8) is 0 Å². The average molecular weight is 531 g/mol. The molecule has 9 heteroatoms. The van der Waals surface area contributed by atoms with Gasteiger partial charge < -0.3 is 10.6 Å². The van der Waals surface area contributed by atoms with Crippen molar-refractivity contribution in [1.82, 2.24) is 14.7 Å². The second kappa shape index (κ2) is 10.0. The van der Waals surface area contributed by atoms with Gasteiger partial charge >= 0.3 is 0 Å². The van der Waals surface area contributed by atoms with E-state index in [4.69, 9.17) is 10.7 Å². The molecule has 39 heavy (non-hydrogen) atoms. The number of aryl methyl sites for hydroxylation is 3. The van der Waals surface area contributed by atoms with Gasteiger partial charge in [-0.2, -0.15) is 10.4 Å². The highest BCUT2D eigenvalue weighted by molar-refractivity contribution is 6.11. The van der Waals surface area contributed by atoms with Crippen LogP contribution in [-0.4, -0.2) is 44.9 Å². The number of nitriles is 1. The molecule has 1 saturated heterocycles. The number of nitrogens with zero attached hydrogens (tertiary/aromatic N) is 5. The zero-order valence-corrected chi connectivity index (χ0v) is 22.7. The maximum atomic E-state index is 14.9. The van der Waals surface area contributed by atoms with Crippen molar-refractivity contribution in [3.05, 3.63) is 75.6 Å². The van der Waals surface area contributed by atoms with Crippen molar-refractivity contribution in [3.8, 4) is 6.07 Å². The Morgan fingerprint density at radius 1 is 1.23 bits per heavy atom. The van der Waals surface area contributed by atoms with Crippen molar-refractivity contribution in [2.75, 3.05) is 13.1 Å². The van der Waals surface area contributed by atoms with Gasteiger partial charge in [-0.25, -0.2) is 13.8 Å². The van der Waals surface area contributed by atoms with Crippen LogP contribution >= 0.6 is 0 Å². The molecule has 202 valence electrons. The van der Waals surface area contributed by atoms with Crippen LogP contribution in [0.2, 0.25) is 0 Å². The number of allylic oxidation sites excluding steroid dienone is 1. The average Bonchev–Trinajstić information content (AvgIpc) is 3.56. The fourth-order valence-electron chi connectivity index (χ4n) is 5.65. The number of fused-ring (bicyclic) bond motifs is 1. The molecule has 1 aromatic heterocycles. The molecule has 0 saturated carbocycles. The molecule has 1 amide bonds. The van der Waals surface area contributed by atoms with E-state index in [0.29, 0.717) is 48.4 Å². The minimum absolute atomic E-state index is 0.0542. The maximum absolute atomic E-state index is 14.9. The highest BCUT2D eigenvalue weighted by Crippen LogP contribution is 2.35. The summed E-state index contributed by atoms with van der Waals surface area (Å²) in [6.07, 6.45) is 2.56. The third-order valence-electron chi connectivity index (χ3n) is 8.39. The van der Waals surface area contributed by atoms with E-state index in [2.05, 4.69) is 5.10 Å². The van der Waals surface area contributed by atoms with E-state index < -0.39 is 11.4 Å². The van der Waals surface area contributed by atoms with Gasteiger partial charge in [0.2, 0.25) is 0 Å². The highest BCUT2D eigenvalue weighted by Gasteiger charge is 2.39. The molecule has 1 unspecified atom stereocenters.